The Hall–Kier alpha value is -1.62. The Bertz CT molecular complexity index is 293. The highest BCUT2D eigenvalue weighted by Crippen LogP contribution is 2.16. The van der Waals surface area contributed by atoms with E-state index in [9.17, 15) is 0 Å². The Morgan fingerprint density at radius 2 is 1.85 bits per heavy atom. The Morgan fingerprint density at radius 1 is 1.31 bits per heavy atom. The van der Waals surface area contributed by atoms with Gasteiger partial charge in [0.15, 0.2) is 0 Å². The van der Waals surface area contributed by atoms with Crippen molar-refractivity contribution in [2.45, 2.75) is 0 Å². The van der Waals surface area contributed by atoms with Gasteiger partial charge in [-0.2, -0.15) is 0 Å². The number of hydrogen-bond donors (Lipinski definition) is 4. The molecule has 1 heterocycles. The zero-order valence-corrected chi connectivity index (χ0v) is 7.55. The minimum absolute atomic E-state index is 0.311. The maximum atomic E-state index is 6.08. The SMILES string of the molecule is N=CC=N.Nc1cnc(N)c(Cl)c1. The highest BCUT2D eigenvalue weighted by molar-refractivity contribution is 6.32. The molecule has 6 heteroatoms. The summed E-state index contributed by atoms with van der Waals surface area (Å²) in [7, 11) is 0. The lowest BCUT2D eigenvalue weighted by Gasteiger charge is -1.95. The van der Waals surface area contributed by atoms with Crippen LogP contribution in [-0.4, -0.2) is 17.4 Å². The van der Waals surface area contributed by atoms with Gasteiger partial charge in [0.05, 0.1) is 16.9 Å². The Morgan fingerprint density at radius 3 is 2.15 bits per heavy atom. The Balaban J connectivity index is 0.000000310. The number of nitrogens with one attached hydrogen (secondary N) is 2. The number of anilines is 2. The summed E-state index contributed by atoms with van der Waals surface area (Å²) < 4.78 is 0. The van der Waals surface area contributed by atoms with Gasteiger partial charge in [-0.1, -0.05) is 11.6 Å². The summed E-state index contributed by atoms with van der Waals surface area (Å²) in [4.78, 5) is 3.70. The highest BCUT2D eigenvalue weighted by atomic mass is 35.5. The van der Waals surface area contributed by atoms with Crippen LogP contribution in [0.5, 0.6) is 0 Å². The van der Waals surface area contributed by atoms with E-state index in [1.807, 2.05) is 0 Å². The fraction of sp³-hybridized carbons (Fsp3) is 0. The lowest BCUT2D eigenvalue weighted by Crippen LogP contribution is -1.92. The summed E-state index contributed by atoms with van der Waals surface area (Å²) in [5.41, 5.74) is 11.1. The minimum atomic E-state index is 0.311. The van der Waals surface area contributed by atoms with Crippen LogP contribution in [0.15, 0.2) is 12.3 Å². The van der Waals surface area contributed by atoms with Gasteiger partial charge in [-0.25, -0.2) is 4.98 Å². The van der Waals surface area contributed by atoms with Crippen molar-refractivity contribution < 1.29 is 0 Å². The van der Waals surface area contributed by atoms with Crippen LogP contribution >= 0.6 is 11.6 Å². The molecule has 0 saturated heterocycles. The summed E-state index contributed by atoms with van der Waals surface area (Å²) in [5, 5.41) is 12.6. The topological polar surface area (TPSA) is 113 Å². The first-order valence-corrected chi connectivity index (χ1v) is 3.65. The summed E-state index contributed by atoms with van der Waals surface area (Å²) in [6, 6.07) is 1.56. The molecule has 1 aromatic rings. The lowest BCUT2D eigenvalue weighted by atomic mass is 10.4. The maximum absolute atomic E-state index is 6.08. The molecule has 0 bridgehead atoms. The van der Waals surface area contributed by atoms with Gasteiger partial charge in [-0.15, -0.1) is 0 Å². The van der Waals surface area contributed by atoms with Gasteiger partial charge in [-0.05, 0) is 6.07 Å². The summed E-state index contributed by atoms with van der Waals surface area (Å²) >= 11 is 5.55. The third kappa shape index (κ3) is 4.76. The molecule has 0 spiro atoms. The van der Waals surface area contributed by atoms with E-state index in [4.69, 9.17) is 33.9 Å². The molecule has 0 saturated carbocycles. The first kappa shape index (κ1) is 11.4. The summed E-state index contributed by atoms with van der Waals surface area (Å²) in [5.74, 6) is 0.311. The minimum Gasteiger partial charge on any atom is -0.397 e. The van der Waals surface area contributed by atoms with Gasteiger partial charge in [-0.3, -0.25) is 0 Å². The summed E-state index contributed by atoms with van der Waals surface area (Å²) in [6.45, 7) is 0. The van der Waals surface area contributed by atoms with E-state index in [0.29, 0.717) is 16.5 Å². The molecular weight excluding hydrogens is 190 g/mol. The molecule has 1 rings (SSSR count). The molecule has 0 aromatic carbocycles. The van der Waals surface area contributed by atoms with E-state index in [2.05, 4.69) is 4.98 Å². The zero-order valence-electron chi connectivity index (χ0n) is 6.79. The number of hydrogen-bond acceptors (Lipinski definition) is 5. The normalized spacial score (nSPS) is 8.08. The van der Waals surface area contributed by atoms with Crippen LogP contribution in [0.4, 0.5) is 11.5 Å². The molecule has 13 heavy (non-hydrogen) atoms. The van der Waals surface area contributed by atoms with Crippen LogP contribution in [0.25, 0.3) is 0 Å². The number of nitrogens with zero attached hydrogens (tertiary/aromatic N) is 1. The van der Waals surface area contributed by atoms with Crippen LogP contribution < -0.4 is 11.5 Å². The van der Waals surface area contributed by atoms with E-state index in [-0.39, 0.29) is 0 Å². The first-order chi connectivity index (χ1) is 6.11. The van der Waals surface area contributed by atoms with Gasteiger partial charge in [0.25, 0.3) is 0 Å². The zero-order chi connectivity index (χ0) is 10.3. The van der Waals surface area contributed by atoms with Crippen molar-refractivity contribution in [3.05, 3.63) is 17.3 Å². The van der Waals surface area contributed by atoms with E-state index in [0.717, 1.165) is 12.4 Å². The average Bonchev–Trinajstić information content (AvgIpc) is 2.12. The molecule has 6 N–H and O–H groups in total. The lowest BCUT2D eigenvalue weighted by molar-refractivity contribution is 1.34. The molecule has 70 valence electrons. The molecule has 0 amide bonds. The Labute approximate surface area is 80.7 Å². The third-order valence-corrected chi connectivity index (χ3v) is 1.28. The predicted molar refractivity (Wildman–Crippen MR) is 55.6 cm³/mol. The number of halogens is 1. The van der Waals surface area contributed by atoms with Gasteiger partial charge in [0.1, 0.15) is 5.82 Å². The van der Waals surface area contributed by atoms with Crippen molar-refractivity contribution in [3.63, 3.8) is 0 Å². The first-order valence-electron chi connectivity index (χ1n) is 3.27. The average molecular weight is 200 g/mol. The van der Waals surface area contributed by atoms with E-state index in [1.54, 1.807) is 6.07 Å². The molecular formula is C7H10ClN5. The van der Waals surface area contributed by atoms with Crippen LogP contribution in [0.3, 0.4) is 0 Å². The van der Waals surface area contributed by atoms with E-state index in [1.165, 1.54) is 6.20 Å². The standard InChI is InChI=1S/C5H6ClN3.C2H4N2/c6-4-1-3(7)2-9-5(4)8;3-1-2-4/h1-2H,7H2,(H2,8,9);1-4H. The molecule has 0 aliphatic heterocycles. The van der Waals surface area contributed by atoms with Gasteiger partial charge in [0.2, 0.25) is 0 Å². The smallest absolute Gasteiger partial charge is 0.142 e. The van der Waals surface area contributed by atoms with Crippen molar-refractivity contribution in [1.29, 1.82) is 10.8 Å². The third-order valence-electron chi connectivity index (χ3n) is 0.974. The molecule has 0 fully saturated rings. The quantitative estimate of drug-likeness (QED) is 0.510. The number of nitrogen functional groups attached to an aromatic ring is 2. The Kier molecular flexibility index (Phi) is 5.22. The molecule has 1 aromatic heterocycles. The second-order valence-electron chi connectivity index (χ2n) is 1.97. The monoisotopic (exact) mass is 199 g/mol. The second kappa shape index (κ2) is 5.96. The van der Waals surface area contributed by atoms with Crippen LogP contribution in [0.2, 0.25) is 5.02 Å². The summed E-state index contributed by atoms with van der Waals surface area (Å²) in [6.07, 6.45) is 3.29. The van der Waals surface area contributed by atoms with Crippen LogP contribution in [0, 0.1) is 10.8 Å². The number of nitrogens with two attached hydrogens (primary N) is 2. The predicted octanol–water partition coefficient (Wildman–Crippen LogP) is 1.18. The number of pyridine rings is 1. The molecule has 0 aliphatic carbocycles. The molecule has 0 atom stereocenters. The molecule has 5 nitrogen and oxygen atoms in total. The second-order valence-corrected chi connectivity index (χ2v) is 2.38. The van der Waals surface area contributed by atoms with Gasteiger partial charge < -0.3 is 22.3 Å². The van der Waals surface area contributed by atoms with Crippen molar-refractivity contribution in [1.82, 2.24) is 4.98 Å². The van der Waals surface area contributed by atoms with Crippen molar-refractivity contribution in [2.24, 2.45) is 0 Å². The number of aromatic nitrogens is 1. The fourth-order valence-electron chi connectivity index (χ4n) is 0.463. The molecule has 0 radical (unpaired) electrons. The number of rotatable bonds is 1. The molecule has 0 aliphatic rings. The largest absolute Gasteiger partial charge is 0.397 e. The fourth-order valence-corrected chi connectivity index (χ4v) is 0.638. The maximum Gasteiger partial charge on any atom is 0.142 e. The van der Waals surface area contributed by atoms with Crippen LogP contribution in [0.1, 0.15) is 0 Å². The van der Waals surface area contributed by atoms with Gasteiger partial charge in [0, 0.05) is 12.4 Å². The highest BCUT2D eigenvalue weighted by Gasteiger charge is 1.94. The van der Waals surface area contributed by atoms with E-state index < -0.39 is 0 Å². The van der Waals surface area contributed by atoms with Crippen molar-refractivity contribution in [3.8, 4) is 0 Å². The van der Waals surface area contributed by atoms with Crippen molar-refractivity contribution in [2.75, 3.05) is 11.5 Å². The van der Waals surface area contributed by atoms with Gasteiger partial charge >= 0.3 is 0 Å². The molecule has 0 unspecified atom stereocenters. The van der Waals surface area contributed by atoms with Crippen LogP contribution in [-0.2, 0) is 0 Å². The van der Waals surface area contributed by atoms with E-state index >= 15 is 0 Å². The van der Waals surface area contributed by atoms with Crippen molar-refractivity contribution >= 4 is 35.5 Å².